The molecule has 0 saturated heterocycles. The predicted molar refractivity (Wildman–Crippen MR) is 62.6 cm³/mol. The van der Waals surface area contributed by atoms with E-state index < -0.39 is 5.97 Å². The SMILES string of the molecule is Cc1ccc2ccnc(CC(=O)O)c2c1C. The molecule has 0 spiro atoms. The molecule has 0 unspecified atom stereocenters. The molecule has 0 radical (unpaired) electrons. The van der Waals surface area contributed by atoms with E-state index in [0.717, 1.165) is 21.9 Å². The zero-order valence-corrected chi connectivity index (χ0v) is 9.32. The van der Waals surface area contributed by atoms with Gasteiger partial charge in [0.25, 0.3) is 0 Å². The van der Waals surface area contributed by atoms with Crippen molar-refractivity contribution in [2.75, 3.05) is 0 Å². The van der Waals surface area contributed by atoms with Crippen molar-refractivity contribution in [1.29, 1.82) is 0 Å². The Kier molecular flexibility index (Phi) is 2.60. The monoisotopic (exact) mass is 215 g/mol. The van der Waals surface area contributed by atoms with E-state index >= 15 is 0 Å². The molecule has 0 bridgehead atoms. The Morgan fingerprint density at radius 1 is 1.31 bits per heavy atom. The molecule has 2 rings (SSSR count). The molecule has 1 N–H and O–H groups in total. The first-order valence-electron chi connectivity index (χ1n) is 5.15. The molecule has 1 aromatic carbocycles. The number of carbonyl (C=O) groups is 1. The zero-order valence-electron chi connectivity index (χ0n) is 9.32. The number of aromatic nitrogens is 1. The molecule has 0 saturated carbocycles. The van der Waals surface area contributed by atoms with Gasteiger partial charge in [0.1, 0.15) is 0 Å². The third-order valence-corrected chi connectivity index (χ3v) is 2.86. The molecule has 0 fully saturated rings. The second kappa shape index (κ2) is 3.93. The van der Waals surface area contributed by atoms with Crippen LogP contribution in [0.3, 0.4) is 0 Å². The lowest BCUT2D eigenvalue weighted by Crippen LogP contribution is -2.04. The second-order valence-electron chi connectivity index (χ2n) is 3.93. The summed E-state index contributed by atoms with van der Waals surface area (Å²) in [7, 11) is 0. The minimum Gasteiger partial charge on any atom is -0.481 e. The van der Waals surface area contributed by atoms with E-state index in [2.05, 4.69) is 4.98 Å². The topological polar surface area (TPSA) is 50.2 Å². The maximum Gasteiger partial charge on any atom is 0.309 e. The number of aryl methyl sites for hydroxylation is 2. The van der Waals surface area contributed by atoms with Gasteiger partial charge in [-0.2, -0.15) is 0 Å². The fourth-order valence-corrected chi connectivity index (χ4v) is 1.91. The lowest BCUT2D eigenvalue weighted by atomic mass is 9.99. The molecule has 16 heavy (non-hydrogen) atoms. The predicted octanol–water partition coefficient (Wildman–Crippen LogP) is 2.48. The summed E-state index contributed by atoms with van der Waals surface area (Å²) in [6.07, 6.45) is 1.64. The molecule has 3 heteroatoms. The number of benzene rings is 1. The van der Waals surface area contributed by atoms with Crippen molar-refractivity contribution in [3.63, 3.8) is 0 Å². The maximum atomic E-state index is 10.8. The van der Waals surface area contributed by atoms with Crippen molar-refractivity contribution in [2.45, 2.75) is 20.3 Å². The van der Waals surface area contributed by atoms with Gasteiger partial charge in [0.2, 0.25) is 0 Å². The lowest BCUT2D eigenvalue weighted by Gasteiger charge is -2.09. The average Bonchev–Trinajstić information content (AvgIpc) is 2.23. The Balaban J connectivity index is 2.74. The van der Waals surface area contributed by atoms with Crippen LogP contribution in [0.4, 0.5) is 0 Å². The Bertz CT molecular complexity index is 561. The summed E-state index contributed by atoms with van der Waals surface area (Å²) in [5, 5.41) is 10.9. The van der Waals surface area contributed by atoms with Crippen LogP contribution >= 0.6 is 0 Å². The highest BCUT2D eigenvalue weighted by atomic mass is 16.4. The van der Waals surface area contributed by atoms with Gasteiger partial charge in [-0.3, -0.25) is 9.78 Å². The summed E-state index contributed by atoms with van der Waals surface area (Å²) in [6, 6.07) is 5.96. The first-order chi connectivity index (χ1) is 7.59. The molecule has 0 amide bonds. The molecule has 0 atom stereocenters. The first kappa shape index (κ1) is 10.6. The van der Waals surface area contributed by atoms with E-state index in [9.17, 15) is 4.79 Å². The van der Waals surface area contributed by atoms with Gasteiger partial charge >= 0.3 is 5.97 Å². The molecule has 0 aliphatic rings. The van der Waals surface area contributed by atoms with Crippen molar-refractivity contribution in [2.24, 2.45) is 0 Å². The number of carboxylic acids is 1. The van der Waals surface area contributed by atoms with Crippen LogP contribution in [0.2, 0.25) is 0 Å². The van der Waals surface area contributed by atoms with Crippen LogP contribution < -0.4 is 0 Å². The van der Waals surface area contributed by atoms with Crippen molar-refractivity contribution in [3.05, 3.63) is 41.2 Å². The number of carboxylic acid groups (broad SMARTS) is 1. The van der Waals surface area contributed by atoms with Gasteiger partial charge in [-0.1, -0.05) is 12.1 Å². The average molecular weight is 215 g/mol. The van der Waals surface area contributed by atoms with Crippen LogP contribution in [0.1, 0.15) is 16.8 Å². The Labute approximate surface area is 93.7 Å². The molecule has 1 heterocycles. The van der Waals surface area contributed by atoms with Crippen LogP contribution in [-0.2, 0) is 11.2 Å². The van der Waals surface area contributed by atoms with E-state index in [1.54, 1.807) is 6.20 Å². The second-order valence-corrected chi connectivity index (χ2v) is 3.93. The third-order valence-electron chi connectivity index (χ3n) is 2.86. The summed E-state index contributed by atoms with van der Waals surface area (Å²) < 4.78 is 0. The normalized spacial score (nSPS) is 10.6. The smallest absolute Gasteiger partial charge is 0.309 e. The molecule has 82 valence electrons. The summed E-state index contributed by atoms with van der Waals surface area (Å²) in [6.45, 7) is 4.02. The molecule has 1 aromatic heterocycles. The lowest BCUT2D eigenvalue weighted by molar-refractivity contribution is -0.136. The minimum atomic E-state index is -0.846. The van der Waals surface area contributed by atoms with Gasteiger partial charge in [0.05, 0.1) is 12.1 Å². The van der Waals surface area contributed by atoms with Crippen molar-refractivity contribution < 1.29 is 9.90 Å². The molecule has 0 aliphatic heterocycles. The van der Waals surface area contributed by atoms with Gasteiger partial charge in [-0.25, -0.2) is 0 Å². The van der Waals surface area contributed by atoms with Crippen molar-refractivity contribution >= 4 is 16.7 Å². The van der Waals surface area contributed by atoms with Crippen LogP contribution in [0.15, 0.2) is 24.4 Å². The summed E-state index contributed by atoms with van der Waals surface area (Å²) in [5.74, 6) is -0.846. The van der Waals surface area contributed by atoms with Gasteiger partial charge in [0.15, 0.2) is 0 Å². The molecule has 3 nitrogen and oxygen atoms in total. The highest BCUT2D eigenvalue weighted by Crippen LogP contribution is 2.24. The number of hydrogen-bond acceptors (Lipinski definition) is 2. The van der Waals surface area contributed by atoms with E-state index in [-0.39, 0.29) is 6.42 Å². The van der Waals surface area contributed by atoms with Gasteiger partial charge in [-0.05, 0) is 36.4 Å². The molecular formula is C13H13NO2. The number of rotatable bonds is 2. The summed E-state index contributed by atoms with van der Waals surface area (Å²) >= 11 is 0. The maximum absolute atomic E-state index is 10.8. The number of nitrogens with zero attached hydrogens (tertiary/aromatic N) is 1. The highest BCUT2D eigenvalue weighted by Gasteiger charge is 2.09. The third kappa shape index (κ3) is 1.76. The summed E-state index contributed by atoms with van der Waals surface area (Å²) in [5.41, 5.74) is 2.92. The van der Waals surface area contributed by atoms with Gasteiger partial charge in [0, 0.05) is 11.6 Å². The van der Waals surface area contributed by atoms with Crippen molar-refractivity contribution in [3.8, 4) is 0 Å². The molecule has 0 aliphatic carbocycles. The minimum absolute atomic E-state index is 0.0262. The largest absolute Gasteiger partial charge is 0.481 e. The van der Waals surface area contributed by atoms with E-state index in [1.807, 2.05) is 32.0 Å². The standard InChI is InChI=1S/C13H13NO2/c1-8-3-4-10-5-6-14-11(7-12(15)16)13(10)9(8)2/h3-6H,7H2,1-2H3,(H,15,16). The quantitative estimate of drug-likeness (QED) is 0.837. The van der Waals surface area contributed by atoms with Crippen LogP contribution in [0, 0.1) is 13.8 Å². The fraction of sp³-hybridized carbons (Fsp3) is 0.231. The number of hydrogen-bond donors (Lipinski definition) is 1. The van der Waals surface area contributed by atoms with Gasteiger partial charge in [-0.15, -0.1) is 0 Å². The zero-order chi connectivity index (χ0) is 11.7. The Morgan fingerprint density at radius 3 is 2.75 bits per heavy atom. The fourth-order valence-electron chi connectivity index (χ4n) is 1.91. The van der Waals surface area contributed by atoms with Gasteiger partial charge < -0.3 is 5.11 Å². The first-order valence-corrected chi connectivity index (χ1v) is 5.15. The number of pyridine rings is 1. The van der Waals surface area contributed by atoms with Crippen LogP contribution in [0.5, 0.6) is 0 Å². The van der Waals surface area contributed by atoms with Crippen LogP contribution in [-0.4, -0.2) is 16.1 Å². The van der Waals surface area contributed by atoms with E-state index in [1.165, 1.54) is 0 Å². The van der Waals surface area contributed by atoms with Crippen molar-refractivity contribution in [1.82, 2.24) is 4.98 Å². The van der Waals surface area contributed by atoms with E-state index in [4.69, 9.17) is 5.11 Å². The van der Waals surface area contributed by atoms with Crippen LogP contribution in [0.25, 0.3) is 10.8 Å². The summed E-state index contributed by atoms with van der Waals surface area (Å²) in [4.78, 5) is 14.9. The number of aliphatic carboxylic acids is 1. The highest BCUT2D eigenvalue weighted by molar-refractivity contribution is 5.90. The molecule has 2 aromatic rings. The number of fused-ring (bicyclic) bond motifs is 1. The Hall–Kier alpha value is -1.90. The Morgan fingerprint density at radius 2 is 2.06 bits per heavy atom. The molecular weight excluding hydrogens is 202 g/mol. The van der Waals surface area contributed by atoms with E-state index in [0.29, 0.717) is 5.69 Å².